The van der Waals surface area contributed by atoms with Crippen LogP contribution in [0.1, 0.15) is 73.1 Å². The normalized spacial score (nSPS) is 30.3. The molecule has 0 radical (unpaired) electrons. The number of nitrogens with one attached hydrogen (secondary N) is 1. The Morgan fingerprint density at radius 3 is 2.35 bits per heavy atom. The van der Waals surface area contributed by atoms with Crippen molar-refractivity contribution in [1.82, 2.24) is 10.2 Å². The lowest BCUT2D eigenvalue weighted by Gasteiger charge is -2.49. The van der Waals surface area contributed by atoms with Gasteiger partial charge >= 0.3 is 0 Å². The van der Waals surface area contributed by atoms with Crippen LogP contribution in [0, 0.1) is 11.8 Å². The van der Waals surface area contributed by atoms with E-state index in [1.807, 2.05) is 0 Å². The van der Waals surface area contributed by atoms with Gasteiger partial charge in [0.15, 0.2) is 0 Å². The molecule has 118 valence electrons. The third-order valence-electron chi connectivity index (χ3n) is 5.32. The van der Waals surface area contributed by atoms with Gasteiger partial charge in [-0.2, -0.15) is 0 Å². The van der Waals surface area contributed by atoms with Crippen LogP contribution in [0.3, 0.4) is 0 Å². The lowest BCUT2D eigenvalue weighted by molar-refractivity contribution is 0.00824. The summed E-state index contributed by atoms with van der Waals surface area (Å²) in [5.74, 6) is 1.74. The fraction of sp³-hybridized carbons (Fsp3) is 1.00. The van der Waals surface area contributed by atoms with Crippen molar-refractivity contribution >= 4 is 0 Å². The molecule has 0 amide bonds. The zero-order valence-corrected chi connectivity index (χ0v) is 14.4. The van der Waals surface area contributed by atoms with Crippen molar-refractivity contribution in [2.75, 3.05) is 13.1 Å². The summed E-state index contributed by atoms with van der Waals surface area (Å²) in [6.45, 7) is 14.1. The highest BCUT2D eigenvalue weighted by atomic mass is 15.2. The maximum absolute atomic E-state index is 3.75. The van der Waals surface area contributed by atoms with Crippen molar-refractivity contribution in [2.24, 2.45) is 11.8 Å². The van der Waals surface area contributed by atoms with Gasteiger partial charge in [-0.3, -0.25) is 4.90 Å². The maximum Gasteiger partial charge on any atom is 0.0246 e. The standard InChI is InChI=1S/C18H36N2/c1-14(2)17(13-19-18(3,4)5)20-12-8-10-15-9-6-7-11-16(15)20/h14-17,19H,6-13H2,1-5H3/t15-,16-,17?/m1/s1. The zero-order chi connectivity index (χ0) is 14.8. The SMILES string of the molecule is CC(C)C(CNC(C)(C)C)N1CCC[C@H]2CCCC[C@H]21. The number of piperidine rings is 1. The Bertz CT molecular complexity index is 290. The fourth-order valence-corrected chi connectivity index (χ4v) is 4.22. The predicted octanol–water partition coefficient (Wildman–Crippen LogP) is 4.05. The van der Waals surface area contributed by atoms with Crippen molar-refractivity contribution in [3.63, 3.8) is 0 Å². The molecule has 1 saturated heterocycles. The van der Waals surface area contributed by atoms with E-state index in [9.17, 15) is 0 Å². The van der Waals surface area contributed by atoms with Gasteiger partial charge in [0.25, 0.3) is 0 Å². The van der Waals surface area contributed by atoms with Crippen LogP contribution in [-0.4, -0.2) is 35.6 Å². The van der Waals surface area contributed by atoms with Crippen LogP contribution in [-0.2, 0) is 0 Å². The van der Waals surface area contributed by atoms with Gasteiger partial charge in [0.05, 0.1) is 0 Å². The molecular weight excluding hydrogens is 244 g/mol. The third-order valence-corrected chi connectivity index (χ3v) is 5.32. The zero-order valence-electron chi connectivity index (χ0n) is 14.4. The van der Waals surface area contributed by atoms with Crippen molar-refractivity contribution < 1.29 is 0 Å². The lowest BCUT2D eigenvalue weighted by atomic mass is 9.77. The third kappa shape index (κ3) is 4.21. The van der Waals surface area contributed by atoms with E-state index in [4.69, 9.17) is 0 Å². The van der Waals surface area contributed by atoms with Crippen LogP contribution in [0.25, 0.3) is 0 Å². The Labute approximate surface area is 126 Å². The van der Waals surface area contributed by atoms with Gasteiger partial charge in [-0.25, -0.2) is 0 Å². The lowest BCUT2D eigenvalue weighted by Crippen LogP contribution is -2.57. The van der Waals surface area contributed by atoms with Gasteiger partial charge in [0.2, 0.25) is 0 Å². The molecule has 1 aliphatic heterocycles. The first kappa shape index (κ1) is 16.3. The summed E-state index contributed by atoms with van der Waals surface area (Å²) in [6, 6.07) is 1.59. The van der Waals surface area contributed by atoms with Crippen LogP contribution in [0.5, 0.6) is 0 Å². The first-order chi connectivity index (χ1) is 9.38. The topological polar surface area (TPSA) is 15.3 Å². The van der Waals surface area contributed by atoms with Gasteiger partial charge in [0, 0.05) is 24.2 Å². The maximum atomic E-state index is 3.75. The smallest absolute Gasteiger partial charge is 0.0246 e. The van der Waals surface area contributed by atoms with Crippen LogP contribution in [0.4, 0.5) is 0 Å². The van der Waals surface area contributed by atoms with E-state index in [2.05, 4.69) is 44.8 Å². The molecule has 1 saturated carbocycles. The highest BCUT2D eigenvalue weighted by Crippen LogP contribution is 2.37. The molecule has 20 heavy (non-hydrogen) atoms. The Morgan fingerprint density at radius 2 is 1.70 bits per heavy atom. The molecule has 1 aliphatic carbocycles. The van der Waals surface area contributed by atoms with Crippen molar-refractivity contribution in [2.45, 2.75) is 90.8 Å². The number of rotatable bonds is 4. The first-order valence-corrected chi connectivity index (χ1v) is 8.89. The summed E-state index contributed by atoms with van der Waals surface area (Å²) in [5.41, 5.74) is 0.231. The number of hydrogen-bond donors (Lipinski definition) is 1. The molecule has 2 heteroatoms. The Kier molecular flexibility index (Phi) is 5.53. The predicted molar refractivity (Wildman–Crippen MR) is 88.1 cm³/mol. The minimum Gasteiger partial charge on any atom is -0.311 e. The Morgan fingerprint density at radius 1 is 1.05 bits per heavy atom. The summed E-state index contributed by atoms with van der Waals surface area (Å²) in [7, 11) is 0. The van der Waals surface area contributed by atoms with Crippen molar-refractivity contribution in [3.8, 4) is 0 Å². The van der Waals surface area contributed by atoms with Crippen LogP contribution in [0.2, 0.25) is 0 Å². The van der Waals surface area contributed by atoms with Crippen LogP contribution in [0.15, 0.2) is 0 Å². The van der Waals surface area contributed by atoms with Gasteiger partial charge in [-0.15, -0.1) is 0 Å². The van der Waals surface area contributed by atoms with Gasteiger partial charge in [-0.05, 0) is 64.8 Å². The largest absolute Gasteiger partial charge is 0.311 e. The molecule has 0 aromatic carbocycles. The number of nitrogens with zero attached hydrogens (tertiary/aromatic N) is 1. The molecule has 0 spiro atoms. The molecule has 0 aromatic rings. The van der Waals surface area contributed by atoms with Crippen molar-refractivity contribution in [1.29, 1.82) is 0 Å². The average Bonchev–Trinajstić information content (AvgIpc) is 2.37. The van der Waals surface area contributed by atoms with E-state index < -0.39 is 0 Å². The molecule has 2 rings (SSSR count). The molecule has 1 N–H and O–H groups in total. The van der Waals surface area contributed by atoms with Crippen LogP contribution >= 0.6 is 0 Å². The summed E-state index contributed by atoms with van der Waals surface area (Å²) in [6.07, 6.45) is 8.76. The van der Waals surface area contributed by atoms with Crippen molar-refractivity contribution in [3.05, 3.63) is 0 Å². The van der Waals surface area contributed by atoms with E-state index >= 15 is 0 Å². The quantitative estimate of drug-likeness (QED) is 0.835. The molecule has 2 nitrogen and oxygen atoms in total. The first-order valence-electron chi connectivity index (χ1n) is 8.89. The second-order valence-electron chi connectivity index (χ2n) is 8.43. The minimum atomic E-state index is 0.231. The summed E-state index contributed by atoms with van der Waals surface area (Å²) in [4.78, 5) is 2.89. The van der Waals surface area contributed by atoms with E-state index in [1.54, 1.807) is 0 Å². The fourth-order valence-electron chi connectivity index (χ4n) is 4.22. The van der Waals surface area contributed by atoms with E-state index in [0.717, 1.165) is 24.4 Å². The van der Waals surface area contributed by atoms with E-state index in [0.29, 0.717) is 6.04 Å². The highest BCUT2D eigenvalue weighted by molar-refractivity contribution is 4.92. The minimum absolute atomic E-state index is 0.231. The Balaban J connectivity index is 2.03. The second kappa shape index (κ2) is 6.79. The molecule has 1 heterocycles. The number of likely N-dealkylation sites (tertiary alicyclic amines) is 1. The number of fused-ring (bicyclic) bond motifs is 1. The Hall–Kier alpha value is -0.0800. The highest BCUT2D eigenvalue weighted by Gasteiger charge is 2.37. The van der Waals surface area contributed by atoms with Gasteiger partial charge in [0.1, 0.15) is 0 Å². The molecule has 3 atom stereocenters. The summed E-state index contributed by atoms with van der Waals surface area (Å²) < 4.78 is 0. The molecular formula is C18H36N2. The molecule has 2 aliphatic rings. The average molecular weight is 280 g/mol. The number of hydrogen-bond acceptors (Lipinski definition) is 2. The van der Waals surface area contributed by atoms with Crippen LogP contribution < -0.4 is 5.32 Å². The monoisotopic (exact) mass is 280 g/mol. The molecule has 1 unspecified atom stereocenters. The van der Waals surface area contributed by atoms with E-state index in [-0.39, 0.29) is 5.54 Å². The van der Waals surface area contributed by atoms with Gasteiger partial charge < -0.3 is 5.32 Å². The molecule has 0 aromatic heterocycles. The van der Waals surface area contributed by atoms with Gasteiger partial charge in [-0.1, -0.05) is 26.7 Å². The second-order valence-corrected chi connectivity index (χ2v) is 8.43. The molecule has 0 bridgehead atoms. The summed E-state index contributed by atoms with van der Waals surface area (Å²) in [5, 5.41) is 3.75. The van der Waals surface area contributed by atoms with E-state index in [1.165, 1.54) is 45.1 Å². The molecule has 2 fully saturated rings. The summed E-state index contributed by atoms with van der Waals surface area (Å²) >= 11 is 0.